The molecule has 0 fully saturated rings. The molecular formula is C15H23N3O2. The van der Waals surface area contributed by atoms with Crippen molar-refractivity contribution in [1.29, 1.82) is 0 Å². The van der Waals surface area contributed by atoms with Crippen LogP contribution in [0.3, 0.4) is 0 Å². The molecule has 3 amide bonds. The minimum atomic E-state index is -0.225. The van der Waals surface area contributed by atoms with Crippen molar-refractivity contribution in [3.63, 3.8) is 0 Å². The first kappa shape index (κ1) is 16.0. The summed E-state index contributed by atoms with van der Waals surface area (Å²) in [5, 5.41) is 8.20. The van der Waals surface area contributed by atoms with Crippen LogP contribution < -0.4 is 16.0 Å². The predicted molar refractivity (Wildman–Crippen MR) is 79.5 cm³/mol. The van der Waals surface area contributed by atoms with Crippen molar-refractivity contribution in [2.24, 2.45) is 0 Å². The lowest BCUT2D eigenvalue weighted by atomic mass is 10.0. The van der Waals surface area contributed by atoms with Crippen molar-refractivity contribution < 1.29 is 9.59 Å². The summed E-state index contributed by atoms with van der Waals surface area (Å²) in [7, 11) is 0. The lowest BCUT2D eigenvalue weighted by molar-refractivity contribution is -0.120. The molecule has 0 aliphatic rings. The van der Waals surface area contributed by atoms with Crippen LogP contribution in [0, 0.1) is 13.8 Å². The number of benzene rings is 1. The van der Waals surface area contributed by atoms with E-state index in [2.05, 4.69) is 28.9 Å². The van der Waals surface area contributed by atoms with Gasteiger partial charge >= 0.3 is 6.03 Å². The van der Waals surface area contributed by atoms with Crippen LogP contribution in [-0.2, 0) is 11.3 Å². The third-order valence-electron chi connectivity index (χ3n) is 3.21. The minimum absolute atomic E-state index is 0.0115. The van der Waals surface area contributed by atoms with Crippen molar-refractivity contribution in [1.82, 2.24) is 16.0 Å². The van der Waals surface area contributed by atoms with Crippen molar-refractivity contribution in [3.05, 3.63) is 34.9 Å². The Hall–Kier alpha value is -2.04. The Balaban J connectivity index is 2.26. The van der Waals surface area contributed by atoms with E-state index in [-0.39, 0.29) is 11.9 Å². The number of hydrogen-bond acceptors (Lipinski definition) is 2. The summed E-state index contributed by atoms with van der Waals surface area (Å²) < 4.78 is 0. The molecule has 110 valence electrons. The van der Waals surface area contributed by atoms with E-state index in [1.807, 2.05) is 19.1 Å². The molecule has 0 saturated carbocycles. The van der Waals surface area contributed by atoms with Crippen LogP contribution in [0.5, 0.6) is 0 Å². The fourth-order valence-corrected chi connectivity index (χ4v) is 1.74. The van der Waals surface area contributed by atoms with E-state index in [0.717, 1.165) is 5.56 Å². The monoisotopic (exact) mass is 277 g/mol. The SMILES string of the molecule is CCC(=O)NCCNC(=O)NCc1cccc(C)c1C. The highest BCUT2D eigenvalue weighted by Gasteiger charge is 2.03. The van der Waals surface area contributed by atoms with Gasteiger partial charge in [-0.25, -0.2) is 4.79 Å². The molecule has 3 N–H and O–H groups in total. The molecule has 0 heterocycles. The molecule has 1 aromatic carbocycles. The summed E-state index contributed by atoms with van der Waals surface area (Å²) in [5.41, 5.74) is 3.52. The zero-order valence-corrected chi connectivity index (χ0v) is 12.4. The molecule has 0 spiro atoms. The fourth-order valence-electron chi connectivity index (χ4n) is 1.74. The van der Waals surface area contributed by atoms with Gasteiger partial charge in [0.25, 0.3) is 0 Å². The number of aryl methyl sites for hydroxylation is 1. The van der Waals surface area contributed by atoms with Crippen LogP contribution in [0.1, 0.15) is 30.0 Å². The summed E-state index contributed by atoms with van der Waals surface area (Å²) in [5.74, 6) is -0.0115. The van der Waals surface area contributed by atoms with Gasteiger partial charge < -0.3 is 16.0 Å². The molecule has 0 unspecified atom stereocenters. The summed E-state index contributed by atoms with van der Waals surface area (Å²) in [6, 6.07) is 5.81. The van der Waals surface area contributed by atoms with E-state index in [1.165, 1.54) is 11.1 Å². The van der Waals surface area contributed by atoms with Gasteiger partial charge in [-0.3, -0.25) is 4.79 Å². The summed E-state index contributed by atoms with van der Waals surface area (Å²) in [6.45, 7) is 7.26. The average molecular weight is 277 g/mol. The molecule has 0 aliphatic heterocycles. The van der Waals surface area contributed by atoms with E-state index in [0.29, 0.717) is 26.1 Å². The van der Waals surface area contributed by atoms with Crippen molar-refractivity contribution in [3.8, 4) is 0 Å². The van der Waals surface area contributed by atoms with E-state index in [9.17, 15) is 9.59 Å². The first-order chi connectivity index (χ1) is 9.54. The van der Waals surface area contributed by atoms with Gasteiger partial charge in [0.2, 0.25) is 5.91 Å². The largest absolute Gasteiger partial charge is 0.354 e. The summed E-state index contributed by atoms with van der Waals surface area (Å²) in [4.78, 5) is 22.6. The smallest absolute Gasteiger partial charge is 0.315 e. The maximum atomic E-state index is 11.6. The van der Waals surface area contributed by atoms with Gasteiger partial charge in [0, 0.05) is 26.1 Å². The Morgan fingerprint density at radius 1 is 1.05 bits per heavy atom. The highest BCUT2D eigenvalue weighted by atomic mass is 16.2. The van der Waals surface area contributed by atoms with Crippen LogP contribution in [0.2, 0.25) is 0 Å². The Bertz CT molecular complexity index is 472. The molecule has 0 aromatic heterocycles. The van der Waals surface area contributed by atoms with Gasteiger partial charge in [-0.05, 0) is 30.5 Å². The second-order valence-corrected chi connectivity index (χ2v) is 4.67. The van der Waals surface area contributed by atoms with Crippen LogP contribution in [0.15, 0.2) is 18.2 Å². The number of hydrogen-bond donors (Lipinski definition) is 3. The number of carbonyl (C=O) groups is 2. The van der Waals surface area contributed by atoms with Crippen LogP contribution in [0.25, 0.3) is 0 Å². The highest BCUT2D eigenvalue weighted by Crippen LogP contribution is 2.11. The van der Waals surface area contributed by atoms with Crippen LogP contribution in [0.4, 0.5) is 4.79 Å². The maximum Gasteiger partial charge on any atom is 0.315 e. The van der Waals surface area contributed by atoms with Crippen molar-refractivity contribution >= 4 is 11.9 Å². The molecule has 5 nitrogen and oxygen atoms in total. The highest BCUT2D eigenvalue weighted by molar-refractivity contribution is 5.76. The Morgan fingerprint density at radius 3 is 2.45 bits per heavy atom. The molecule has 20 heavy (non-hydrogen) atoms. The second kappa shape index (κ2) is 8.19. The molecule has 0 bridgehead atoms. The van der Waals surface area contributed by atoms with Gasteiger partial charge in [-0.2, -0.15) is 0 Å². The van der Waals surface area contributed by atoms with E-state index in [4.69, 9.17) is 0 Å². The Labute approximate surface area is 120 Å². The third-order valence-corrected chi connectivity index (χ3v) is 3.21. The van der Waals surface area contributed by atoms with E-state index in [1.54, 1.807) is 6.92 Å². The number of rotatable bonds is 6. The zero-order valence-electron chi connectivity index (χ0n) is 12.4. The molecule has 1 rings (SSSR count). The Morgan fingerprint density at radius 2 is 1.75 bits per heavy atom. The molecule has 0 atom stereocenters. The van der Waals surface area contributed by atoms with Gasteiger partial charge in [-0.15, -0.1) is 0 Å². The fraction of sp³-hybridized carbons (Fsp3) is 0.467. The van der Waals surface area contributed by atoms with E-state index >= 15 is 0 Å². The number of urea groups is 1. The first-order valence-electron chi connectivity index (χ1n) is 6.88. The third kappa shape index (κ3) is 5.30. The lowest BCUT2D eigenvalue weighted by Gasteiger charge is -2.11. The van der Waals surface area contributed by atoms with Gasteiger partial charge in [-0.1, -0.05) is 25.1 Å². The lowest BCUT2D eigenvalue weighted by Crippen LogP contribution is -2.40. The number of amides is 3. The van der Waals surface area contributed by atoms with Crippen molar-refractivity contribution in [2.75, 3.05) is 13.1 Å². The summed E-state index contributed by atoms with van der Waals surface area (Å²) >= 11 is 0. The topological polar surface area (TPSA) is 70.2 Å². The predicted octanol–water partition coefficient (Wildman–Crippen LogP) is 1.63. The normalized spacial score (nSPS) is 9.95. The molecule has 0 radical (unpaired) electrons. The first-order valence-corrected chi connectivity index (χ1v) is 6.88. The molecule has 1 aromatic rings. The minimum Gasteiger partial charge on any atom is -0.354 e. The van der Waals surface area contributed by atoms with Gasteiger partial charge in [0.1, 0.15) is 0 Å². The standard InChI is InChI=1S/C15H23N3O2/c1-4-14(19)16-8-9-17-15(20)18-10-13-7-5-6-11(2)12(13)3/h5-7H,4,8-10H2,1-3H3,(H,16,19)(H2,17,18,20). The zero-order chi connectivity index (χ0) is 15.0. The molecule has 0 saturated heterocycles. The quantitative estimate of drug-likeness (QED) is 0.692. The second-order valence-electron chi connectivity index (χ2n) is 4.67. The molecule has 0 aliphatic carbocycles. The Kier molecular flexibility index (Phi) is 6.56. The number of carbonyl (C=O) groups excluding carboxylic acids is 2. The molecular weight excluding hydrogens is 254 g/mol. The molecule has 5 heteroatoms. The summed E-state index contributed by atoms with van der Waals surface area (Å²) in [6.07, 6.45) is 0.457. The van der Waals surface area contributed by atoms with Crippen LogP contribution >= 0.6 is 0 Å². The van der Waals surface area contributed by atoms with Gasteiger partial charge in [0.05, 0.1) is 0 Å². The van der Waals surface area contributed by atoms with Crippen molar-refractivity contribution in [2.45, 2.75) is 33.7 Å². The average Bonchev–Trinajstić information content (AvgIpc) is 2.44. The number of nitrogens with one attached hydrogen (secondary N) is 3. The van der Waals surface area contributed by atoms with E-state index < -0.39 is 0 Å². The maximum absolute atomic E-state index is 11.6. The van der Waals surface area contributed by atoms with Gasteiger partial charge in [0.15, 0.2) is 0 Å². The van der Waals surface area contributed by atoms with Crippen LogP contribution in [-0.4, -0.2) is 25.0 Å².